The van der Waals surface area contributed by atoms with Gasteiger partial charge in [-0.15, -0.1) is 0 Å². The Hall–Kier alpha value is -1.94. The largest absolute Gasteiger partial charge is 0.377 e. The third-order valence-corrected chi connectivity index (χ3v) is 3.16. The van der Waals surface area contributed by atoms with Crippen LogP contribution in [0.1, 0.15) is 6.42 Å². The van der Waals surface area contributed by atoms with Gasteiger partial charge in [0.2, 0.25) is 0 Å². The molecule has 0 unspecified atom stereocenters. The highest BCUT2D eigenvalue weighted by Gasteiger charge is 2.07. The molecule has 0 atom stereocenters. The Labute approximate surface area is 105 Å². The molecule has 0 saturated heterocycles. The molecule has 0 spiro atoms. The van der Waals surface area contributed by atoms with E-state index >= 15 is 0 Å². The second-order valence-corrected chi connectivity index (χ2v) is 4.38. The van der Waals surface area contributed by atoms with Gasteiger partial charge in [-0.3, -0.25) is 9.36 Å². The Balaban J connectivity index is 2.00. The molecule has 0 amide bonds. The highest BCUT2D eigenvalue weighted by Crippen LogP contribution is 2.10. The van der Waals surface area contributed by atoms with Crippen LogP contribution in [0.25, 0.3) is 10.9 Å². The van der Waals surface area contributed by atoms with Gasteiger partial charge in [0.1, 0.15) is 0 Å². The van der Waals surface area contributed by atoms with E-state index in [9.17, 15) is 4.79 Å². The summed E-state index contributed by atoms with van der Waals surface area (Å²) in [6.45, 7) is 1.99. The zero-order valence-corrected chi connectivity index (χ0v) is 10.0. The second kappa shape index (κ2) is 4.74. The first-order valence-electron chi connectivity index (χ1n) is 6.04. The first-order valence-corrected chi connectivity index (χ1v) is 6.04. The van der Waals surface area contributed by atoms with E-state index in [1.54, 1.807) is 10.9 Å². The van der Waals surface area contributed by atoms with Crippen molar-refractivity contribution >= 4 is 10.9 Å². The number of ether oxygens (including phenoxy) is 1. The van der Waals surface area contributed by atoms with Crippen molar-refractivity contribution in [2.75, 3.05) is 13.2 Å². The van der Waals surface area contributed by atoms with E-state index in [1.165, 1.54) is 5.57 Å². The Morgan fingerprint density at radius 2 is 2.22 bits per heavy atom. The summed E-state index contributed by atoms with van der Waals surface area (Å²) in [4.78, 5) is 16.6. The van der Waals surface area contributed by atoms with Crippen molar-refractivity contribution in [1.29, 1.82) is 0 Å². The van der Waals surface area contributed by atoms with E-state index in [0.29, 0.717) is 18.5 Å². The first kappa shape index (κ1) is 11.2. The van der Waals surface area contributed by atoms with Crippen molar-refractivity contribution in [3.8, 4) is 0 Å². The average molecular weight is 242 g/mol. The molecular formula is C14H14N2O2. The standard InChI is InChI=1S/C14H14N2O2/c17-14-12-3-1-2-4-13(12)15-10-16(14)9-11-5-7-18-8-6-11/h1-5,10H,6-9H2. The zero-order valence-electron chi connectivity index (χ0n) is 10.0. The van der Waals surface area contributed by atoms with Crippen LogP contribution in [0.3, 0.4) is 0 Å². The fourth-order valence-corrected chi connectivity index (χ4v) is 2.15. The van der Waals surface area contributed by atoms with Crippen LogP contribution < -0.4 is 5.56 Å². The molecule has 18 heavy (non-hydrogen) atoms. The second-order valence-electron chi connectivity index (χ2n) is 4.38. The molecule has 0 radical (unpaired) electrons. The lowest BCUT2D eigenvalue weighted by Crippen LogP contribution is -2.22. The molecule has 1 aliphatic heterocycles. The predicted molar refractivity (Wildman–Crippen MR) is 69.5 cm³/mol. The molecule has 0 aliphatic carbocycles. The summed E-state index contributed by atoms with van der Waals surface area (Å²) in [6.07, 6.45) is 4.56. The van der Waals surface area contributed by atoms with Gasteiger partial charge in [-0.05, 0) is 24.1 Å². The fourth-order valence-electron chi connectivity index (χ4n) is 2.15. The van der Waals surface area contributed by atoms with Gasteiger partial charge in [-0.2, -0.15) is 0 Å². The SMILES string of the molecule is O=c1c2ccccc2ncn1CC1=CCOCC1. The number of benzene rings is 1. The van der Waals surface area contributed by atoms with Crippen molar-refractivity contribution < 1.29 is 4.74 Å². The number of fused-ring (bicyclic) bond motifs is 1. The third kappa shape index (κ3) is 2.07. The molecule has 0 fully saturated rings. The predicted octanol–water partition coefficient (Wildman–Crippen LogP) is 1.74. The molecule has 1 aromatic carbocycles. The summed E-state index contributed by atoms with van der Waals surface area (Å²) in [5.74, 6) is 0. The summed E-state index contributed by atoms with van der Waals surface area (Å²) in [5.41, 5.74) is 2.01. The Morgan fingerprint density at radius 3 is 3.06 bits per heavy atom. The lowest BCUT2D eigenvalue weighted by Gasteiger charge is -2.14. The van der Waals surface area contributed by atoms with Crippen molar-refractivity contribution in [3.63, 3.8) is 0 Å². The number of aromatic nitrogens is 2. The van der Waals surface area contributed by atoms with E-state index in [4.69, 9.17) is 4.74 Å². The molecule has 1 aliphatic rings. The monoisotopic (exact) mass is 242 g/mol. The summed E-state index contributed by atoms with van der Waals surface area (Å²) in [5, 5.41) is 0.674. The van der Waals surface area contributed by atoms with Crippen molar-refractivity contribution in [2.24, 2.45) is 0 Å². The average Bonchev–Trinajstić information content (AvgIpc) is 2.43. The van der Waals surface area contributed by atoms with Crippen LogP contribution in [0, 0.1) is 0 Å². The van der Waals surface area contributed by atoms with Crippen molar-refractivity contribution in [2.45, 2.75) is 13.0 Å². The van der Waals surface area contributed by atoms with Crippen LogP contribution >= 0.6 is 0 Å². The van der Waals surface area contributed by atoms with E-state index in [2.05, 4.69) is 4.98 Å². The van der Waals surface area contributed by atoms with Gasteiger partial charge >= 0.3 is 0 Å². The number of rotatable bonds is 2. The van der Waals surface area contributed by atoms with Crippen LogP contribution in [0.2, 0.25) is 0 Å². The van der Waals surface area contributed by atoms with Gasteiger partial charge in [-0.1, -0.05) is 18.2 Å². The molecule has 0 N–H and O–H groups in total. The Morgan fingerprint density at radius 1 is 1.33 bits per heavy atom. The normalized spacial score (nSPS) is 15.7. The maximum Gasteiger partial charge on any atom is 0.261 e. The molecule has 4 heteroatoms. The van der Waals surface area contributed by atoms with E-state index in [0.717, 1.165) is 18.5 Å². The van der Waals surface area contributed by atoms with Crippen LogP contribution in [0.15, 0.2) is 47.0 Å². The number of hydrogen-bond acceptors (Lipinski definition) is 3. The van der Waals surface area contributed by atoms with Crippen molar-refractivity contribution in [3.05, 3.63) is 52.6 Å². The number of nitrogens with zero attached hydrogens (tertiary/aromatic N) is 2. The topological polar surface area (TPSA) is 44.1 Å². The Bertz CT molecular complexity index is 658. The molecule has 3 rings (SSSR count). The van der Waals surface area contributed by atoms with Crippen molar-refractivity contribution in [1.82, 2.24) is 9.55 Å². The third-order valence-electron chi connectivity index (χ3n) is 3.16. The lowest BCUT2D eigenvalue weighted by molar-refractivity contribution is 0.153. The van der Waals surface area contributed by atoms with E-state index in [-0.39, 0.29) is 5.56 Å². The van der Waals surface area contributed by atoms with Crippen LogP contribution in [-0.2, 0) is 11.3 Å². The molecule has 2 aromatic rings. The van der Waals surface area contributed by atoms with Gasteiger partial charge in [0.05, 0.1) is 30.4 Å². The fraction of sp³-hybridized carbons (Fsp3) is 0.286. The van der Waals surface area contributed by atoms with Gasteiger partial charge in [-0.25, -0.2) is 4.98 Å². The lowest BCUT2D eigenvalue weighted by atomic mass is 10.1. The minimum absolute atomic E-state index is 0.0213. The maximum absolute atomic E-state index is 12.3. The zero-order chi connectivity index (χ0) is 12.4. The highest BCUT2D eigenvalue weighted by atomic mass is 16.5. The molecule has 0 saturated carbocycles. The smallest absolute Gasteiger partial charge is 0.261 e. The quantitative estimate of drug-likeness (QED) is 0.753. The van der Waals surface area contributed by atoms with Gasteiger partial charge < -0.3 is 4.74 Å². The molecule has 0 bridgehead atoms. The summed E-state index contributed by atoms with van der Waals surface area (Å²) < 4.78 is 6.92. The minimum atomic E-state index is 0.0213. The number of para-hydroxylation sites is 1. The van der Waals surface area contributed by atoms with Crippen LogP contribution in [0.5, 0.6) is 0 Å². The van der Waals surface area contributed by atoms with E-state index in [1.807, 2.05) is 30.3 Å². The van der Waals surface area contributed by atoms with Gasteiger partial charge in [0.25, 0.3) is 5.56 Å². The highest BCUT2D eigenvalue weighted by molar-refractivity contribution is 5.76. The first-order chi connectivity index (χ1) is 8.84. The van der Waals surface area contributed by atoms with Crippen LogP contribution in [-0.4, -0.2) is 22.8 Å². The summed E-state index contributed by atoms with van der Waals surface area (Å²) >= 11 is 0. The Kier molecular flexibility index (Phi) is 2.94. The maximum atomic E-state index is 12.3. The molecule has 4 nitrogen and oxygen atoms in total. The summed E-state index contributed by atoms with van der Waals surface area (Å²) in [6, 6.07) is 7.43. The van der Waals surface area contributed by atoms with Crippen LogP contribution in [0.4, 0.5) is 0 Å². The summed E-state index contributed by atoms with van der Waals surface area (Å²) in [7, 11) is 0. The molecular weight excluding hydrogens is 228 g/mol. The molecule has 2 heterocycles. The molecule has 1 aromatic heterocycles. The molecule has 92 valence electrons. The van der Waals surface area contributed by atoms with Gasteiger partial charge in [0.15, 0.2) is 0 Å². The number of hydrogen-bond donors (Lipinski definition) is 0. The minimum Gasteiger partial charge on any atom is -0.377 e. The van der Waals surface area contributed by atoms with Gasteiger partial charge in [0, 0.05) is 6.54 Å². The van der Waals surface area contributed by atoms with E-state index < -0.39 is 0 Å².